The first-order valence-electron chi connectivity index (χ1n) is 7.88. The number of hydrogen-bond acceptors (Lipinski definition) is 6. The van der Waals surface area contributed by atoms with Crippen molar-refractivity contribution in [2.45, 2.75) is 13.0 Å². The molecular weight excluding hydrogens is 396 g/mol. The zero-order chi connectivity index (χ0) is 18.4. The van der Waals surface area contributed by atoms with E-state index in [1.54, 1.807) is 17.0 Å². The van der Waals surface area contributed by atoms with Gasteiger partial charge in [0.1, 0.15) is 16.5 Å². The Kier molecular flexibility index (Phi) is 4.45. The van der Waals surface area contributed by atoms with Crippen LogP contribution in [-0.4, -0.2) is 54.2 Å². The van der Waals surface area contributed by atoms with E-state index in [1.165, 1.54) is 27.3 Å². The summed E-state index contributed by atoms with van der Waals surface area (Å²) in [5.41, 5.74) is 1.48. The van der Waals surface area contributed by atoms with Crippen molar-refractivity contribution in [3.63, 3.8) is 0 Å². The molecule has 0 bridgehead atoms. The molecule has 1 fully saturated rings. The first kappa shape index (κ1) is 17.4. The van der Waals surface area contributed by atoms with Gasteiger partial charge in [-0.25, -0.2) is 4.98 Å². The number of thiocarbonyl (C=S) groups is 1. The lowest BCUT2D eigenvalue weighted by Gasteiger charge is -2.29. The number of carbonyl (C=O) groups is 2. The maximum atomic E-state index is 12.8. The number of thioether (sulfide) groups is 1. The number of hydrogen-bond donors (Lipinski definition) is 0. The summed E-state index contributed by atoms with van der Waals surface area (Å²) < 4.78 is 1.81. The van der Waals surface area contributed by atoms with Crippen LogP contribution in [0.25, 0.3) is 5.65 Å². The third-order valence-corrected chi connectivity index (χ3v) is 6.08. The molecule has 0 saturated carbocycles. The fraction of sp³-hybridized carbons (Fsp3) is 0.312. The van der Waals surface area contributed by atoms with Crippen LogP contribution in [0.4, 0.5) is 0 Å². The first-order valence-corrected chi connectivity index (χ1v) is 9.66. The van der Waals surface area contributed by atoms with Gasteiger partial charge in [-0.3, -0.25) is 23.7 Å². The van der Waals surface area contributed by atoms with Crippen molar-refractivity contribution in [2.24, 2.45) is 0 Å². The minimum atomic E-state index is -0.232. The molecule has 4 heterocycles. The van der Waals surface area contributed by atoms with Gasteiger partial charge in [0.05, 0.1) is 28.6 Å². The Balaban J connectivity index is 1.61. The van der Waals surface area contributed by atoms with Crippen LogP contribution >= 0.6 is 35.6 Å². The normalized spacial score (nSPS) is 17.1. The number of fused-ring (bicyclic) bond motifs is 2. The first-order chi connectivity index (χ1) is 12.4. The van der Waals surface area contributed by atoms with E-state index in [1.807, 2.05) is 0 Å². The number of aromatic nitrogens is 2. The fourth-order valence-electron chi connectivity index (χ4n) is 3.05. The third-order valence-electron chi connectivity index (χ3n) is 4.42. The predicted octanol–water partition coefficient (Wildman–Crippen LogP) is 1.09. The van der Waals surface area contributed by atoms with Crippen LogP contribution < -0.4 is 5.56 Å². The molecule has 0 aliphatic carbocycles. The molecule has 0 aromatic carbocycles. The Morgan fingerprint density at radius 1 is 1.35 bits per heavy atom. The Hall–Kier alpha value is -1.97. The minimum Gasteiger partial charge on any atom is -0.336 e. The van der Waals surface area contributed by atoms with Gasteiger partial charge in [-0.1, -0.05) is 35.6 Å². The lowest BCUT2D eigenvalue weighted by molar-refractivity contribution is -0.136. The Morgan fingerprint density at radius 2 is 2.15 bits per heavy atom. The molecule has 0 radical (unpaired) electrons. The highest BCUT2D eigenvalue weighted by Crippen LogP contribution is 2.21. The fourth-order valence-corrected chi connectivity index (χ4v) is 4.28. The van der Waals surface area contributed by atoms with Crippen LogP contribution in [-0.2, 0) is 22.6 Å². The Morgan fingerprint density at radius 3 is 2.88 bits per heavy atom. The number of nitrogens with zero attached hydrogens (tertiary/aromatic N) is 4. The van der Waals surface area contributed by atoms with Crippen molar-refractivity contribution in [1.29, 1.82) is 0 Å². The van der Waals surface area contributed by atoms with E-state index in [0.29, 0.717) is 39.2 Å². The van der Waals surface area contributed by atoms with Gasteiger partial charge < -0.3 is 4.90 Å². The van der Waals surface area contributed by atoms with Gasteiger partial charge in [-0.15, -0.1) is 0 Å². The summed E-state index contributed by atoms with van der Waals surface area (Å²) in [5, 5.41) is 0.434. The standard InChI is InChI=1S/C16H13ClN4O3S2/c17-9-1-2-12-18-11-3-4-19(6-10(11)15(24)20(12)5-9)13(22)7-21-14(23)8-26-16(21)25/h1-2,5H,3-4,6-8H2. The number of halogens is 1. The molecule has 4 rings (SSSR count). The van der Waals surface area contributed by atoms with E-state index >= 15 is 0 Å². The molecule has 0 unspecified atom stereocenters. The summed E-state index contributed by atoms with van der Waals surface area (Å²) in [6, 6.07) is 3.38. The molecule has 2 amide bonds. The second-order valence-electron chi connectivity index (χ2n) is 6.02. The van der Waals surface area contributed by atoms with Gasteiger partial charge in [0.15, 0.2) is 0 Å². The minimum absolute atomic E-state index is 0.0891. The zero-order valence-electron chi connectivity index (χ0n) is 13.5. The molecule has 2 aromatic rings. The second kappa shape index (κ2) is 6.64. The highest BCUT2D eigenvalue weighted by Gasteiger charge is 2.31. The molecular formula is C16H13ClN4O3S2. The van der Waals surface area contributed by atoms with Gasteiger partial charge in [0.25, 0.3) is 5.56 Å². The van der Waals surface area contributed by atoms with E-state index in [9.17, 15) is 14.4 Å². The van der Waals surface area contributed by atoms with Crippen LogP contribution in [0.5, 0.6) is 0 Å². The van der Waals surface area contributed by atoms with Gasteiger partial charge in [0, 0.05) is 19.2 Å². The molecule has 0 atom stereocenters. The van der Waals surface area contributed by atoms with E-state index < -0.39 is 0 Å². The number of pyridine rings is 1. The lowest BCUT2D eigenvalue weighted by atomic mass is 10.1. The molecule has 10 heteroatoms. The molecule has 7 nitrogen and oxygen atoms in total. The maximum absolute atomic E-state index is 12.8. The van der Waals surface area contributed by atoms with Gasteiger partial charge >= 0.3 is 0 Å². The maximum Gasteiger partial charge on any atom is 0.263 e. The quantitative estimate of drug-likeness (QED) is 0.692. The summed E-state index contributed by atoms with van der Waals surface area (Å²) in [7, 11) is 0. The summed E-state index contributed by atoms with van der Waals surface area (Å²) >= 11 is 12.3. The SMILES string of the molecule is O=C(CN1C(=O)CSC1=S)N1CCc2nc3ccc(Cl)cn3c(=O)c2C1. The molecule has 0 spiro atoms. The summed E-state index contributed by atoms with van der Waals surface area (Å²) in [6.45, 7) is 0.523. The summed E-state index contributed by atoms with van der Waals surface area (Å²) in [4.78, 5) is 44.6. The summed E-state index contributed by atoms with van der Waals surface area (Å²) in [6.07, 6.45) is 2.01. The van der Waals surface area contributed by atoms with Crippen molar-refractivity contribution in [1.82, 2.24) is 19.2 Å². The number of carbonyl (C=O) groups excluding carboxylic acids is 2. The average Bonchev–Trinajstić information content (AvgIpc) is 2.94. The van der Waals surface area contributed by atoms with Crippen LogP contribution in [0, 0.1) is 0 Å². The zero-order valence-corrected chi connectivity index (χ0v) is 15.9. The monoisotopic (exact) mass is 408 g/mol. The highest BCUT2D eigenvalue weighted by molar-refractivity contribution is 8.23. The second-order valence-corrected chi connectivity index (χ2v) is 8.06. The van der Waals surface area contributed by atoms with E-state index in [2.05, 4.69) is 4.98 Å². The average molecular weight is 409 g/mol. The number of amides is 2. The molecule has 26 heavy (non-hydrogen) atoms. The molecule has 1 saturated heterocycles. The van der Waals surface area contributed by atoms with Crippen LogP contribution in [0.2, 0.25) is 5.02 Å². The Bertz CT molecular complexity index is 1010. The van der Waals surface area contributed by atoms with Gasteiger partial charge in [-0.05, 0) is 12.1 Å². The lowest BCUT2D eigenvalue weighted by Crippen LogP contribution is -2.45. The van der Waals surface area contributed by atoms with Crippen molar-refractivity contribution in [2.75, 3.05) is 18.8 Å². The van der Waals surface area contributed by atoms with Crippen LogP contribution in [0.15, 0.2) is 23.1 Å². The molecule has 2 aliphatic heterocycles. The van der Waals surface area contributed by atoms with E-state index in [-0.39, 0.29) is 36.2 Å². The number of rotatable bonds is 2. The smallest absolute Gasteiger partial charge is 0.263 e. The molecule has 0 N–H and O–H groups in total. The third kappa shape index (κ3) is 3.00. The summed E-state index contributed by atoms with van der Waals surface area (Å²) in [5.74, 6) is -0.120. The van der Waals surface area contributed by atoms with Crippen molar-refractivity contribution < 1.29 is 9.59 Å². The van der Waals surface area contributed by atoms with Crippen molar-refractivity contribution in [3.05, 3.63) is 45.0 Å². The molecule has 2 aliphatic rings. The Labute approximate surface area is 162 Å². The van der Waals surface area contributed by atoms with E-state index in [4.69, 9.17) is 23.8 Å². The highest BCUT2D eigenvalue weighted by atomic mass is 35.5. The van der Waals surface area contributed by atoms with Crippen LogP contribution in [0.3, 0.4) is 0 Å². The van der Waals surface area contributed by atoms with Gasteiger partial charge in [0.2, 0.25) is 11.8 Å². The topological polar surface area (TPSA) is 75.0 Å². The van der Waals surface area contributed by atoms with Crippen molar-refractivity contribution >= 4 is 57.4 Å². The predicted molar refractivity (Wildman–Crippen MR) is 102 cm³/mol. The molecule has 134 valence electrons. The van der Waals surface area contributed by atoms with Gasteiger partial charge in [-0.2, -0.15) is 0 Å². The van der Waals surface area contributed by atoms with Crippen molar-refractivity contribution in [3.8, 4) is 0 Å². The molecule has 2 aromatic heterocycles. The van der Waals surface area contributed by atoms with E-state index in [0.717, 1.165) is 0 Å². The van der Waals surface area contributed by atoms with Crippen LogP contribution in [0.1, 0.15) is 11.3 Å². The largest absolute Gasteiger partial charge is 0.336 e.